The van der Waals surface area contributed by atoms with Crippen LogP contribution in [0.5, 0.6) is 0 Å². The van der Waals surface area contributed by atoms with Crippen molar-refractivity contribution in [2.75, 3.05) is 13.1 Å². The van der Waals surface area contributed by atoms with Crippen LogP contribution in [-0.2, 0) is 24.3 Å². The summed E-state index contributed by atoms with van der Waals surface area (Å²) >= 11 is 0. The predicted molar refractivity (Wildman–Crippen MR) is 74.6 cm³/mol. The minimum Gasteiger partial charge on any atom is -0.309 e. The Kier molecular flexibility index (Phi) is 4.77. The zero-order valence-corrected chi connectivity index (χ0v) is 13.4. The van der Waals surface area contributed by atoms with Gasteiger partial charge in [0.1, 0.15) is 6.04 Å². The Balaban J connectivity index is 2.09. The minimum atomic E-state index is -4.83. The van der Waals surface area contributed by atoms with Crippen LogP contribution in [0.1, 0.15) is 26.7 Å². The van der Waals surface area contributed by atoms with Gasteiger partial charge in [-0.25, -0.2) is 4.79 Å². The molecule has 2 heterocycles. The number of hydrogen-bond acceptors (Lipinski definition) is 6. The van der Waals surface area contributed by atoms with Crippen LogP contribution in [0.4, 0.5) is 4.79 Å². The van der Waals surface area contributed by atoms with Crippen LogP contribution in [0.2, 0.25) is 0 Å². The summed E-state index contributed by atoms with van der Waals surface area (Å²) in [5.74, 6) is -0.888. The van der Waals surface area contributed by atoms with Crippen molar-refractivity contribution < 1.29 is 31.6 Å². The van der Waals surface area contributed by atoms with Crippen LogP contribution in [-0.4, -0.2) is 71.0 Å². The number of carbonyl (C=O) groups excluding carboxylic acids is 3. The number of urea groups is 1. The van der Waals surface area contributed by atoms with Gasteiger partial charge in [0.15, 0.2) is 0 Å². The van der Waals surface area contributed by atoms with Gasteiger partial charge in [0, 0.05) is 20.0 Å². The van der Waals surface area contributed by atoms with Crippen molar-refractivity contribution in [3.8, 4) is 0 Å². The van der Waals surface area contributed by atoms with Crippen molar-refractivity contribution in [1.82, 2.24) is 20.4 Å². The third-order valence-electron chi connectivity index (χ3n) is 3.74. The highest BCUT2D eigenvalue weighted by atomic mass is 32.3. The number of rotatable bonds is 4. The number of hydrazine groups is 1. The van der Waals surface area contributed by atoms with E-state index in [4.69, 9.17) is 4.55 Å². The molecule has 0 aromatic heterocycles. The zero-order chi connectivity index (χ0) is 17.4. The van der Waals surface area contributed by atoms with Crippen LogP contribution >= 0.6 is 0 Å². The van der Waals surface area contributed by atoms with Gasteiger partial charge in [-0.2, -0.15) is 13.5 Å². The zero-order valence-electron chi connectivity index (χ0n) is 12.6. The maximum absolute atomic E-state index is 12.3. The molecule has 23 heavy (non-hydrogen) atoms. The quantitative estimate of drug-likeness (QED) is 0.484. The smallest absolute Gasteiger partial charge is 0.309 e. The molecule has 130 valence electrons. The molecule has 2 aliphatic rings. The van der Waals surface area contributed by atoms with Gasteiger partial charge in [0.05, 0.1) is 6.04 Å². The van der Waals surface area contributed by atoms with E-state index in [2.05, 4.69) is 9.71 Å². The molecule has 2 aliphatic heterocycles. The van der Waals surface area contributed by atoms with E-state index >= 15 is 0 Å². The summed E-state index contributed by atoms with van der Waals surface area (Å²) in [4.78, 5) is 36.9. The standard InChI is InChI=1S/C11H18N4O7S/c1-3-14(7(2)16)12-10(17)9-5-4-8-6-13(9)11(18)15(8)22-23(19,20)21/h8-9H,3-6H2,1-2H3,(H,12,17)(H,19,20,21)/t8-,9+/m0/s1. The second-order valence-electron chi connectivity index (χ2n) is 5.25. The molecule has 0 aromatic carbocycles. The van der Waals surface area contributed by atoms with Crippen LogP contribution in [0.3, 0.4) is 0 Å². The molecular weight excluding hydrogens is 332 g/mol. The van der Waals surface area contributed by atoms with Crippen molar-refractivity contribution in [3.05, 3.63) is 0 Å². The molecule has 0 unspecified atom stereocenters. The number of piperidine rings is 1. The Morgan fingerprint density at radius 1 is 1.43 bits per heavy atom. The monoisotopic (exact) mass is 350 g/mol. The molecule has 2 rings (SSSR count). The Labute approximate surface area is 133 Å². The number of nitrogens with one attached hydrogen (secondary N) is 1. The predicted octanol–water partition coefficient (Wildman–Crippen LogP) is -1.11. The largest absolute Gasteiger partial charge is 0.418 e. The molecule has 0 aliphatic carbocycles. The van der Waals surface area contributed by atoms with E-state index in [1.807, 2.05) is 0 Å². The molecular formula is C11H18N4O7S. The lowest BCUT2D eigenvalue weighted by Crippen LogP contribution is -2.55. The van der Waals surface area contributed by atoms with Crippen LogP contribution in [0, 0.1) is 0 Å². The molecule has 0 spiro atoms. The second-order valence-corrected chi connectivity index (χ2v) is 6.25. The van der Waals surface area contributed by atoms with Gasteiger partial charge in [-0.1, -0.05) is 0 Å². The topological polar surface area (TPSA) is 137 Å². The Hall–Kier alpha value is -1.92. The summed E-state index contributed by atoms with van der Waals surface area (Å²) in [7, 11) is -4.83. The first-order valence-electron chi connectivity index (χ1n) is 6.99. The fraction of sp³-hybridized carbons (Fsp3) is 0.727. The fourth-order valence-electron chi connectivity index (χ4n) is 2.69. The molecule has 12 heteroatoms. The molecule has 4 amide bonds. The molecule has 11 nitrogen and oxygen atoms in total. The van der Waals surface area contributed by atoms with Gasteiger partial charge in [0.2, 0.25) is 5.91 Å². The van der Waals surface area contributed by atoms with Gasteiger partial charge in [0.25, 0.3) is 5.91 Å². The molecule has 2 saturated heterocycles. The highest BCUT2D eigenvalue weighted by molar-refractivity contribution is 7.80. The van der Waals surface area contributed by atoms with Crippen molar-refractivity contribution in [2.24, 2.45) is 0 Å². The molecule has 0 aromatic rings. The normalized spacial score (nSPS) is 23.9. The summed E-state index contributed by atoms with van der Waals surface area (Å²) in [6, 6.07) is -2.23. The number of hydrogen-bond donors (Lipinski definition) is 2. The molecule has 2 fully saturated rings. The van der Waals surface area contributed by atoms with Crippen molar-refractivity contribution >= 4 is 28.2 Å². The molecule has 0 saturated carbocycles. The Bertz CT molecular complexity index is 622. The summed E-state index contributed by atoms with van der Waals surface area (Å²) in [5, 5.41) is 1.67. The third-order valence-corrected chi connectivity index (χ3v) is 4.09. The highest BCUT2D eigenvalue weighted by Crippen LogP contribution is 2.30. The average molecular weight is 350 g/mol. The summed E-state index contributed by atoms with van der Waals surface area (Å²) in [6.45, 7) is 3.34. The molecule has 2 atom stereocenters. The van der Waals surface area contributed by atoms with E-state index in [9.17, 15) is 22.8 Å². The lowest BCUT2D eigenvalue weighted by atomic mass is 10.0. The van der Waals surface area contributed by atoms with Crippen LogP contribution < -0.4 is 5.43 Å². The van der Waals surface area contributed by atoms with E-state index in [1.165, 1.54) is 6.92 Å². The first kappa shape index (κ1) is 17.4. The fourth-order valence-corrected chi connectivity index (χ4v) is 3.08. The van der Waals surface area contributed by atoms with E-state index in [-0.39, 0.29) is 25.4 Å². The first-order chi connectivity index (χ1) is 10.6. The minimum absolute atomic E-state index is 0.0959. The second kappa shape index (κ2) is 6.29. The van der Waals surface area contributed by atoms with Crippen LogP contribution in [0.15, 0.2) is 0 Å². The van der Waals surface area contributed by atoms with E-state index in [0.717, 1.165) is 9.91 Å². The van der Waals surface area contributed by atoms with Crippen LogP contribution in [0.25, 0.3) is 0 Å². The lowest BCUT2D eigenvalue weighted by molar-refractivity contribution is -0.142. The Morgan fingerprint density at radius 2 is 2.09 bits per heavy atom. The number of fused-ring (bicyclic) bond motifs is 2. The summed E-state index contributed by atoms with van der Waals surface area (Å²) in [5.41, 5.74) is 2.43. The van der Waals surface area contributed by atoms with Gasteiger partial charge < -0.3 is 4.90 Å². The first-order valence-corrected chi connectivity index (χ1v) is 8.36. The third kappa shape index (κ3) is 3.71. The molecule has 0 radical (unpaired) electrons. The van der Waals surface area contributed by atoms with Crippen molar-refractivity contribution in [3.63, 3.8) is 0 Å². The van der Waals surface area contributed by atoms with Crippen molar-refractivity contribution in [1.29, 1.82) is 0 Å². The number of nitrogens with zero attached hydrogens (tertiary/aromatic N) is 3. The van der Waals surface area contributed by atoms with Gasteiger partial charge >= 0.3 is 16.4 Å². The van der Waals surface area contributed by atoms with E-state index in [1.54, 1.807) is 6.92 Å². The maximum atomic E-state index is 12.3. The Morgan fingerprint density at radius 3 is 2.61 bits per heavy atom. The number of amides is 4. The van der Waals surface area contributed by atoms with Gasteiger partial charge in [-0.05, 0) is 19.8 Å². The molecule has 2 bridgehead atoms. The highest BCUT2D eigenvalue weighted by Gasteiger charge is 2.49. The average Bonchev–Trinajstić information content (AvgIpc) is 2.68. The molecule has 2 N–H and O–H groups in total. The SMILES string of the molecule is CCN(NC(=O)[C@H]1CC[C@H]2CN1C(=O)N2OS(=O)(=O)O)C(C)=O. The van der Waals surface area contributed by atoms with Crippen molar-refractivity contribution in [2.45, 2.75) is 38.8 Å². The van der Waals surface area contributed by atoms with E-state index in [0.29, 0.717) is 11.5 Å². The van der Waals surface area contributed by atoms with E-state index < -0.39 is 34.4 Å². The number of hydroxylamine groups is 2. The number of carbonyl (C=O) groups is 3. The lowest BCUT2D eigenvalue weighted by Gasteiger charge is -2.31. The summed E-state index contributed by atoms with van der Waals surface area (Å²) < 4.78 is 34.6. The summed E-state index contributed by atoms with van der Waals surface area (Å²) in [6.07, 6.45) is 0.602. The van der Waals surface area contributed by atoms with Gasteiger partial charge in [-0.15, -0.1) is 4.28 Å². The van der Waals surface area contributed by atoms with Gasteiger partial charge in [-0.3, -0.25) is 24.6 Å². The maximum Gasteiger partial charge on any atom is 0.418 e.